The van der Waals surface area contributed by atoms with E-state index in [4.69, 9.17) is 0 Å². The monoisotopic (exact) mass is 386 g/mol. The number of nitrogens with zero attached hydrogens (tertiary/aromatic N) is 2. The van der Waals surface area contributed by atoms with Gasteiger partial charge in [0.1, 0.15) is 6.54 Å². The van der Waals surface area contributed by atoms with E-state index in [0.29, 0.717) is 0 Å². The molecule has 29 heavy (non-hydrogen) atoms. The Morgan fingerprint density at radius 1 is 0.793 bits per heavy atom. The third-order valence-corrected chi connectivity index (χ3v) is 6.53. The van der Waals surface area contributed by atoms with Crippen LogP contribution < -0.4 is 9.13 Å². The fourth-order valence-corrected chi connectivity index (χ4v) is 4.69. The minimum Gasteiger partial charge on any atom is -0.205 e. The highest BCUT2D eigenvalue weighted by atomic mass is 15.0. The smallest absolute Gasteiger partial charge is 0.205 e. The lowest BCUT2D eigenvalue weighted by Gasteiger charge is -2.18. The number of para-hydroxylation sites is 1. The summed E-state index contributed by atoms with van der Waals surface area (Å²) in [5.41, 5.74) is 8.21. The lowest BCUT2D eigenvalue weighted by atomic mass is 9.84. The Kier molecular flexibility index (Phi) is 5.54. The highest BCUT2D eigenvalue weighted by Gasteiger charge is 2.40. The Hall–Kier alpha value is -2.48. The SMILES string of the molecule is CCCCCCC[n+]1ccc2c(c1)C(C)(C)c1c[n+](-c3ccccc3C)ccc1-2. The molecule has 0 saturated carbocycles. The third kappa shape index (κ3) is 3.73. The summed E-state index contributed by atoms with van der Waals surface area (Å²) in [7, 11) is 0. The zero-order valence-corrected chi connectivity index (χ0v) is 18.4. The van der Waals surface area contributed by atoms with Gasteiger partial charge in [0.2, 0.25) is 5.69 Å². The van der Waals surface area contributed by atoms with Crippen LogP contribution in [0.25, 0.3) is 16.8 Å². The fourth-order valence-electron chi connectivity index (χ4n) is 4.69. The molecule has 2 heteroatoms. The summed E-state index contributed by atoms with van der Waals surface area (Å²) in [4.78, 5) is 0. The van der Waals surface area contributed by atoms with Crippen LogP contribution in [0.15, 0.2) is 61.2 Å². The number of aryl methyl sites for hydroxylation is 2. The summed E-state index contributed by atoms with van der Waals surface area (Å²) in [5, 5.41) is 0. The van der Waals surface area contributed by atoms with Gasteiger partial charge in [0.25, 0.3) is 0 Å². The summed E-state index contributed by atoms with van der Waals surface area (Å²) in [6, 6.07) is 13.2. The summed E-state index contributed by atoms with van der Waals surface area (Å²) in [6.07, 6.45) is 15.8. The zero-order valence-electron chi connectivity index (χ0n) is 18.4. The van der Waals surface area contributed by atoms with Gasteiger partial charge in [0.15, 0.2) is 24.8 Å². The second kappa shape index (κ2) is 8.10. The van der Waals surface area contributed by atoms with Crippen LogP contribution in [0.3, 0.4) is 0 Å². The molecule has 1 aromatic carbocycles. The number of hydrogen-bond acceptors (Lipinski definition) is 0. The number of fused-ring (bicyclic) bond motifs is 3. The highest BCUT2D eigenvalue weighted by Crippen LogP contribution is 2.47. The molecule has 3 aromatic rings. The first-order valence-corrected chi connectivity index (χ1v) is 11.2. The molecule has 0 atom stereocenters. The van der Waals surface area contributed by atoms with Gasteiger partial charge in [-0.3, -0.25) is 0 Å². The van der Waals surface area contributed by atoms with E-state index in [-0.39, 0.29) is 5.41 Å². The van der Waals surface area contributed by atoms with E-state index in [1.165, 1.54) is 65.6 Å². The first kappa shape index (κ1) is 19.8. The molecule has 0 fully saturated rings. The summed E-state index contributed by atoms with van der Waals surface area (Å²) in [5.74, 6) is 0. The van der Waals surface area contributed by atoms with Gasteiger partial charge < -0.3 is 0 Å². The summed E-state index contributed by atoms with van der Waals surface area (Å²) < 4.78 is 4.68. The molecule has 2 heterocycles. The van der Waals surface area contributed by atoms with Gasteiger partial charge in [-0.2, -0.15) is 4.57 Å². The normalized spacial score (nSPS) is 13.9. The van der Waals surface area contributed by atoms with E-state index in [0.717, 1.165) is 6.54 Å². The molecule has 0 bridgehead atoms. The molecule has 0 unspecified atom stereocenters. The maximum absolute atomic E-state index is 2.40. The van der Waals surface area contributed by atoms with Crippen molar-refractivity contribution in [2.75, 3.05) is 0 Å². The highest BCUT2D eigenvalue weighted by molar-refractivity contribution is 5.78. The van der Waals surface area contributed by atoms with Crippen molar-refractivity contribution in [3.8, 4) is 16.8 Å². The molecule has 0 aliphatic heterocycles. The second-order valence-corrected chi connectivity index (χ2v) is 9.02. The van der Waals surface area contributed by atoms with Gasteiger partial charge in [-0.15, -0.1) is 0 Å². The van der Waals surface area contributed by atoms with Crippen molar-refractivity contribution >= 4 is 0 Å². The van der Waals surface area contributed by atoms with E-state index in [1.54, 1.807) is 0 Å². The number of rotatable bonds is 7. The average Bonchev–Trinajstić information content (AvgIpc) is 2.95. The van der Waals surface area contributed by atoms with Gasteiger partial charge >= 0.3 is 0 Å². The van der Waals surface area contributed by atoms with Crippen LogP contribution in [-0.4, -0.2) is 0 Å². The van der Waals surface area contributed by atoms with Gasteiger partial charge in [0, 0.05) is 46.7 Å². The minimum atomic E-state index is 0.0155. The van der Waals surface area contributed by atoms with Crippen LogP contribution >= 0.6 is 0 Å². The lowest BCUT2D eigenvalue weighted by Crippen LogP contribution is -2.35. The van der Waals surface area contributed by atoms with E-state index >= 15 is 0 Å². The molecule has 0 spiro atoms. The number of pyridine rings is 2. The Labute approximate surface area is 175 Å². The number of benzene rings is 1. The van der Waals surface area contributed by atoms with Crippen LogP contribution in [0.4, 0.5) is 0 Å². The second-order valence-electron chi connectivity index (χ2n) is 9.02. The first-order chi connectivity index (χ1) is 14.0. The third-order valence-electron chi connectivity index (χ3n) is 6.53. The molecule has 0 amide bonds. The molecule has 0 saturated heterocycles. The van der Waals surface area contributed by atoms with Gasteiger partial charge in [-0.05, 0) is 24.5 Å². The molecule has 0 N–H and O–H groups in total. The Morgan fingerprint density at radius 2 is 1.48 bits per heavy atom. The lowest BCUT2D eigenvalue weighted by molar-refractivity contribution is -0.697. The van der Waals surface area contributed by atoms with Crippen molar-refractivity contribution in [2.45, 2.75) is 71.8 Å². The number of aromatic nitrogens is 2. The standard InChI is InChI=1S/C27H34N2/c1-5-6-7-8-11-16-28-17-14-22-23-15-18-29(26-13-10-9-12-21(26)2)20-25(23)27(3,4)24(22)19-28/h9-10,12-15,17-20H,5-8,11,16H2,1-4H3/q+2. The molecule has 1 aliphatic carbocycles. The van der Waals surface area contributed by atoms with Crippen LogP contribution in [0.5, 0.6) is 0 Å². The predicted molar refractivity (Wildman–Crippen MR) is 119 cm³/mol. The fraction of sp³-hybridized carbons (Fsp3) is 0.407. The molecule has 0 radical (unpaired) electrons. The number of hydrogen-bond donors (Lipinski definition) is 0. The molecule has 2 nitrogen and oxygen atoms in total. The summed E-state index contributed by atoms with van der Waals surface area (Å²) in [6.45, 7) is 10.3. The molecular formula is C27H34N2+2. The average molecular weight is 387 g/mol. The van der Waals surface area contributed by atoms with Crippen molar-refractivity contribution in [2.24, 2.45) is 0 Å². The molecule has 4 rings (SSSR count). The molecule has 2 aromatic heterocycles. The van der Waals surface area contributed by atoms with Gasteiger partial charge in [-0.1, -0.05) is 58.2 Å². The van der Waals surface area contributed by atoms with Crippen molar-refractivity contribution in [3.63, 3.8) is 0 Å². The van der Waals surface area contributed by atoms with Crippen LogP contribution in [0.1, 0.15) is 69.6 Å². The molecular weight excluding hydrogens is 352 g/mol. The Morgan fingerprint density at radius 3 is 2.24 bits per heavy atom. The van der Waals surface area contributed by atoms with E-state index < -0.39 is 0 Å². The maximum Gasteiger partial charge on any atom is 0.213 e. The van der Waals surface area contributed by atoms with Crippen molar-refractivity contribution < 1.29 is 9.13 Å². The van der Waals surface area contributed by atoms with E-state index in [9.17, 15) is 0 Å². The predicted octanol–water partition coefficient (Wildman–Crippen LogP) is 5.84. The maximum atomic E-state index is 2.40. The quantitative estimate of drug-likeness (QED) is 0.356. The molecule has 150 valence electrons. The van der Waals surface area contributed by atoms with Crippen molar-refractivity contribution in [1.82, 2.24) is 0 Å². The Bertz CT molecular complexity index is 1020. The van der Waals surface area contributed by atoms with Gasteiger partial charge in [0.05, 0.1) is 0 Å². The zero-order chi connectivity index (χ0) is 20.4. The largest absolute Gasteiger partial charge is 0.213 e. The first-order valence-electron chi connectivity index (χ1n) is 11.2. The minimum absolute atomic E-state index is 0.0155. The molecule has 1 aliphatic rings. The summed E-state index contributed by atoms with van der Waals surface area (Å²) >= 11 is 0. The van der Waals surface area contributed by atoms with Gasteiger partial charge in [-0.25, -0.2) is 4.57 Å². The topological polar surface area (TPSA) is 7.76 Å². The Balaban J connectivity index is 1.63. The van der Waals surface area contributed by atoms with Crippen LogP contribution in [-0.2, 0) is 12.0 Å². The van der Waals surface area contributed by atoms with Crippen LogP contribution in [0.2, 0.25) is 0 Å². The van der Waals surface area contributed by atoms with E-state index in [2.05, 4.69) is 98.0 Å². The van der Waals surface area contributed by atoms with Crippen molar-refractivity contribution in [3.05, 3.63) is 77.9 Å². The van der Waals surface area contributed by atoms with Crippen molar-refractivity contribution in [1.29, 1.82) is 0 Å². The van der Waals surface area contributed by atoms with Crippen LogP contribution in [0, 0.1) is 6.92 Å². The van der Waals surface area contributed by atoms with E-state index in [1.807, 2.05) is 0 Å². The number of unbranched alkanes of at least 4 members (excludes halogenated alkanes) is 4.